The van der Waals surface area contributed by atoms with Crippen molar-refractivity contribution in [3.63, 3.8) is 0 Å². The average Bonchev–Trinajstić information content (AvgIpc) is 2.77. The number of ketones is 1. The number of fused-ring (bicyclic) bond motifs is 1. The molecule has 2 heterocycles. The van der Waals surface area contributed by atoms with Gasteiger partial charge >= 0.3 is 0 Å². The molecule has 2 aliphatic heterocycles. The highest BCUT2D eigenvalue weighted by atomic mass is 16.8. The van der Waals surface area contributed by atoms with Gasteiger partial charge in [-0.2, -0.15) is 0 Å². The second kappa shape index (κ2) is 4.93. The van der Waals surface area contributed by atoms with Gasteiger partial charge in [0.2, 0.25) is 0 Å². The lowest BCUT2D eigenvalue weighted by Gasteiger charge is -2.24. The first kappa shape index (κ1) is 13.4. The Hall–Kier alpha value is -1.01. The van der Waals surface area contributed by atoms with E-state index in [-0.39, 0.29) is 5.78 Å². The zero-order valence-corrected chi connectivity index (χ0v) is 10.6. The van der Waals surface area contributed by atoms with Gasteiger partial charge in [0.25, 0.3) is 0 Å². The van der Waals surface area contributed by atoms with E-state index in [2.05, 4.69) is 13.2 Å². The first-order valence-corrected chi connectivity index (χ1v) is 5.88. The van der Waals surface area contributed by atoms with Gasteiger partial charge < -0.3 is 18.9 Å². The Morgan fingerprint density at radius 1 is 1.39 bits per heavy atom. The largest absolute Gasteiger partial charge is 0.368 e. The van der Waals surface area contributed by atoms with E-state index in [0.717, 1.165) is 0 Å². The number of carbonyl (C=O) groups excluding carboxylic acids is 1. The summed E-state index contributed by atoms with van der Waals surface area (Å²) in [5.41, 5.74) is 0. The third-order valence-corrected chi connectivity index (χ3v) is 2.88. The Labute approximate surface area is 106 Å². The van der Waals surface area contributed by atoms with Gasteiger partial charge in [-0.3, -0.25) is 4.79 Å². The standard InChI is InChI=1S/C13H18O5/c1-5-7-15-10-9(8(14)6-2)16-12-11(10)17-13(3,4)18-12/h5-6,9-12H,1-2,7H2,3-4H3/t9-,10+,11-,12-/m1/s1. The number of hydrogen-bond donors (Lipinski definition) is 0. The van der Waals surface area contributed by atoms with Crippen LogP contribution in [0.25, 0.3) is 0 Å². The van der Waals surface area contributed by atoms with Gasteiger partial charge in [0.1, 0.15) is 12.2 Å². The summed E-state index contributed by atoms with van der Waals surface area (Å²) in [5.74, 6) is -0.962. The molecule has 2 rings (SSSR count). The molecular weight excluding hydrogens is 236 g/mol. The van der Waals surface area contributed by atoms with Crippen molar-refractivity contribution in [2.24, 2.45) is 0 Å². The number of ether oxygens (including phenoxy) is 4. The molecule has 0 aliphatic carbocycles. The Morgan fingerprint density at radius 3 is 2.72 bits per heavy atom. The van der Waals surface area contributed by atoms with Crippen molar-refractivity contribution >= 4 is 5.78 Å². The predicted molar refractivity (Wildman–Crippen MR) is 63.8 cm³/mol. The Kier molecular flexibility index (Phi) is 3.68. The van der Waals surface area contributed by atoms with Crippen molar-refractivity contribution in [2.75, 3.05) is 6.61 Å². The van der Waals surface area contributed by atoms with Gasteiger partial charge in [-0.15, -0.1) is 6.58 Å². The number of hydrogen-bond acceptors (Lipinski definition) is 5. The molecule has 0 spiro atoms. The van der Waals surface area contributed by atoms with Crippen LogP contribution in [0.3, 0.4) is 0 Å². The lowest BCUT2D eigenvalue weighted by atomic mass is 10.1. The minimum Gasteiger partial charge on any atom is -0.368 e. The molecule has 0 radical (unpaired) electrons. The summed E-state index contributed by atoms with van der Waals surface area (Å²) >= 11 is 0. The van der Waals surface area contributed by atoms with Crippen molar-refractivity contribution in [1.82, 2.24) is 0 Å². The molecule has 2 saturated heterocycles. The number of rotatable bonds is 5. The fraction of sp³-hybridized carbons (Fsp3) is 0.615. The van der Waals surface area contributed by atoms with Gasteiger partial charge in [0.15, 0.2) is 24.0 Å². The van der Waals surface area contributed by atoms with Gasteiger partial charge in [0.05, 0.1) is 6.61 Å². The monoisotopic (exact) mass is 254 g/mol. The maximum absolute atomic E-state index is 11.7. The van der Waals surface area contributed by atoms with Crippen molar-refractivity contribution in [1.29, 1.82) is 0 Å². The zero-order valence-electron chi connectivity index (χ0n) is 10.6. The predicted octanol–water partition coefficient (Wildman–Crippen LogP) is 1.19. The van der Waals surface area contributed by atoms with Crippen molar-refractivity contribution < 1.29 is 23.7 Å². The summed E-state index contributed by atoms with van der Waals surface area (Å²) in [6, 6.07) is 0. The fourth-order valence-electron chi connectivity index (χ4n) is 2.19. The second-order valence-corrected chi connectivity index (χ2v) is 4.72. The molecule has 2 aliphatic rings. The van der Waals surface area contributed by atoms with Crippen molar-refractivity contribution in [3.8, 4) is 0 Å². The van der Waals surface area contributed by atoms with Crippen LogP contribution in [0.2, 0.25) is 0 Å². The molecule has 0 N–H and O–H groups in total. The average molecular weight is 254 g/mol. The van der Waals surface area contributed by atoms with Gasteiger partial charge in [0, 0.05) is 0 Å². The van der Waals surface area contributed by atoms with Crippen molar-refractivity contribution in [2.45, 2.75) is 44.2 Å². The van der Waals surface area contributed by atoms with E-state index in [1.165, 1.54) is 6.08 Å². The van der Waals surface area contributed by atoms with Gasteiger partial charge in [-0.1, -0.05) is 12.7 Å². The summed E-state index contributed by atoms with van der Waals surface area (Å²) < 4.78 is 22.4. The van der Waals surface area contributed by atoms with E-state index >= 15 is 0 Å². The molecule has 0 saturated carbocycles. The molecule has 0 unspecified atom stereocenters. The van der Waals surface area contributed by atoms with Crippen LogP contribution in [0, 0.1) is 0 Å². The summed E-state index contributed by atoms with van der Waals surface area (Å²) in [4.78, 5) is 11.7. The first-order chi connectivity index (χ1) is 8.48. The molecule has 100 valence electrons. The van der Waals surface area contributed by atoms with Crippen LogP contribution in [-0.4, -0.2) is 42.8 Å². The van der Waals surface area contributed by atoms with E-state index in [1.807, 2.05) is 0 Å². The highest BCUT2D eigenvalue weighted by molar-refractivity contribution is 5.93. The van der Waals surface area contributed by atoms with Crippen LogP contribution in [0.1, 0.15) is 13.8 Å². The quantitative estimate of drug-likeness (QED) is 0.545. The van der Waals surface area contributed by atoms with Crippen LogP contribution in [0.5, 0.6) is 0 Å². The maximum Gasteiger partial charge on any atom is 0.190 e. The Morgan fingerprint density at radius 2 is 2.11 bits per heavy atom. The summed E-state index contributed by atoms with van der Waals surface area (Å²) in [6.45, 7) is 11.0. The summed E-state index contributed by atoms with van der Waals surface area (Å²) in [5, 5.41) is 0. The highest BCUT2D eigenvalue weighted by Gasteiger charge is 2.56. The van der Waals surface area contributed by atoms with E-state index in [4.69, 9.17) is 18.9 Å². The SMILES string of the molecule is C=CCO[C@@H]1[C@H]2OC(C)(C)O[C@H]2O[C@@H]1C(=O)C=C. The van der Waals surface area contributed by atoms with Crippen LogP contribution in [0.4, 0.5) is 0 Å². The lowest BCUT2D eigenvalue weighted by molar-refractivity contribution is -0.216. The number of carbonyl (C=O) groups is 1. The fourth-order valence-corrected chi connectivity index (χ4v) is 2.19. The van der Waals surface area contributed by atoms with Crippen LogP contribution in [-0.2, 0) is 23.7 Å². The van der Waals surface area contributed by atoms with Crippen LogP contribution >= 0.6 is 0 Å². The molecular formula is C13H18O5. The molecule has 2 fully saturated rings. The van der Waals surface area contributed by atoms with E-state index in [9.17, 15) is 4.79 Å². The normalized spacial score (nSPS) is 37.2. The third kappa shape index (κ3) is 2.40. The van der Waals surface area contributed by atoms with Crippen LogP contribution < -0.4 is 0 Å². The molecule has 0 aromatic carbocycles. The van der Waals surface area contributed by atoms with E-state index in [1.54, 1.807) is 19.9 Å². The molecule has 5 heteroatoms. The smallest absolute Gasteiger partial charge is 0.190 e. The van der Waals surface area contributed by atoms with E-state index in [0.29, 0.717) is 6.61 Å². The molecule has 0 aromatic heterocycles. The molecule has 18 heavy (non-hydrogen) atoms. The summed E-state index contributed by atoms with van der Waals surface area (Å²) in [6.07, 6.45) is 0.622. The molecule has 0 bridgehead atoms. The Bertz CT molecular complexity index is 362. The zero-order chi connectivity index (χ0) is 13.3. The minimum absolute atomic E-state index is 0.233. The Balaban J connectivity index is 2.14. The van der Waals surface area contributed by atoms with Crippen molar-refractivity contribution in [3.05, 3.63) is 25.3 Å². The second-order valence-electron chi connectivity index (χ2n) is 4.72. The molecule has 5 nitrogen and oxygen atoms in total. The molecule has 0 aromatic rings. The lowest BCUT2D eigenvalue weighted by Crippen LogP contribution is -2.40. The maximum atomic E-state index is 11.7. The first-order valence-electron chi connectivity index (χ1n) is 5.88. The third-order valence-electron chi connectivity index (χ3n) is 2.88. The van der Waals surface area contributed by atoms with E-state index < -0.39 is 30.4 Å². The topological polar surface area (TPSA) is 54.0 Å². The highest BCUT2D eigenvalue weighted by Crippen LogP contribution is 2.38. The molecule has 4 atom stereocenters. The van der Waals surface area contributed by atoms with Gasteiger partial charge in [-0.05, 0) is 19.9 Å². The summed E-state index contributed by atoms with van der Waals surface area (Å²) in [7, 11) is 0. The minimum atomic E-state index is -0.729. The molecule has 0 amide bonds. The van der Waals surface area contributed by atoms with Gasteiger partial charge in [-0.25, -0.2) is 0 Å². The van der Waals surface area contributed by atoms with Crippen LogP contribution in [0.15, 0.2) is 25.3 Å².